The molecular formula is C19H18N8O5. The van der Waals surface area contributed by atoms with E-state index in [1.807, 2.05) is 0 Å². The number of carbonyl (C=O) groups is 3. The van der Waals surface area contributed by atoms with Crippen molar-refractivity contribution in [2.75, 3.05) is 27.0 Å². The van der Waals surface area contributed by atoms with Crippen LogP contribution in [-0.4, -0.2) is 38.5 Å². The number of rotatable bonds is 7. The molecule has 3 rings (SSSR count). The van der Waals surface area contributed by atoms with E-state index in [2.05, 4.69) is 25.6 Å². The van der Waals surface area contributed by atoms with Crippen LogP contribution < -0.4 is 32.6 Å². The summed E-state index contributed by atoms with van der Waals surface area (Å²) in [5.74, 6) is -1.66. The molecule has 13 nitrogen and oxygen atoms in total. The predicted molar refractivity (Wildman–Crippen MR) is 116 cm³/mol. The van der Waals surface area contributed by atoms with E-state index in [1.165, 1.54) is 18.3 Å². The number of urea groups is 1. The maximum absolute atomic E-state index is 12.2. The Morgan fingerprint density at radius 1 is 1.12 bits per heavy atom. The number of anilines is 5. The third kappa shape index (κ3) is 4.79. The Balaban J connectivity index is 1.76. The van der Waals surface area contributed by atoms with E-state index in [0.29, 0.717) is 12.0 Å². The Morgan fingerprint density at radius 3 is 2.41 bits per heavy atom. The van der Waals surface area contributed by atoms with Gasteiger partial charge in [-0.3, -0.25) is 24.8 Å². The van der Waals surface area contributed by atoms with Crippen LogP contribution in [0.25, 0.3) is 0 Å². The third-order valence-corrected chi connectivity index (χ3v) is 4.22. The molecule has 0 aliphatic carbocycles. The molecule has 0 bridgehead atoms. The van der Waals surface area contributed by atoms with Crippen LogP contribution in [0.4, 0.5) is 33.8 Å². The highest BCUT2D eigenvalue weighted by atomic mass is 16.4. The summed E-state index contributed by atoms with van der Waals surface area (Å²) in [5, 5.41) is 14.3. The van der Waals surface area contributed by atoms with Gasteiger partial charge in [0.05, 0.1) is 11.9 Å². The number of hydrogen-bond donors (Lipinski definition) is 6. The van der Waals surface area contributed by atoms with Gasteiger partial charge in [0.15, 0.2) is 17.5 Å². The van der Waals surface area contributed by atoms with E-state index >= 15 is 0 Å². The van der Waals surface area contributed by atoms with Crippen molar-refractivity contribution in [3.8, 4) is 0 Å². The summed E-state index contributed by atoms with van der Waals surface area (Å²) in [4.78, 5) is 58.3. The van der Waals surface area contributed by atoms with Gasteiger partial charge < -0.3 is 21.9 Å². The molecule has 0 aliphatic heterocycles. The van der Waals surface area contributed by atoms with Gasteiger partial charge in [-0.1, -0.05) is 30.3 Å². The topological polar surface area (TPSA) is 209 Å². The number of nitrogen functional groups attached to an aromatic ring is 2. The molecule has 0 unspecified atom stereocenters. The fourth-order valence-electron chi connectivity index (χ4n) is 2.82. The van der Waals surface area contributed by atoms with Crippen LogP contribution in [0.5, 0.6) is 0 Å². The molecule has 0 saturated heterocycles. The fraction of sp³-hybridized carbons (Fsp3) is 0.0526. The summed E-state index contributed by atoms with van der Waals surface area (Å²) >= 11 is 0. The monoisotopic (exact) mass is 438 g/mol. The number of nitrogens with zero attached hydrogens (tertiary/aromatic N) is 3. The Morgan fingerprint density at radius 2 is 1.84 bits per heavy atom. The molecule has 2 heterocycles. The summed E-state index contributed by atoms with van der Waals surface area (Å²) < 4.78 is 0. The molecule has 0 saturated carbocycles. The van der Waals surface area contributed by atoms with Gasteiger partial charge in [0.25, 0.3) is 5.56 Å². The third-order valence-electron chi connectivity index (χ3n) is 4.22. The van der Waals surface area contributed by atoms with Gasteiger partial charge in [-0.25, -0.2) is 14.6 Å². The van der Waals surface area contributed by atoms with Crippen LogP contribution in [0.3, 0.4) is 0 Å². The Bertz CT molecular complexity index is 1200. The molecule has 0 spiro atoms. The lowest BCUT2D eigenvalue weighted by Crippen LogP contribution is -2.33. The van der Waals surface area contributed by atoms with Crippen LogP contribution in [0.2, 0.25) is 0 Å². The zero-order valence-corrected chi connectivity index (χ0v) is 16.4. The minimum atomic E-state index is -1.30. The highest BCUT2D eigenvalue weighted by Gasteiger charge is 2.28. The van der Waals surface area contributed by atoms with Crippen molar-refractivity contribution < 1.29 is 19.5 Å². The highest BCUT2D eigenvalue weighted by molar-refractivity contribution is 6.01. The largest absolute Gasteiger partial charge is 0.479 e. The number of aromatic amines is 1. The van der Waals surface area contributed by atoms with Gasteiger partial charge in [0.2, 0.25) is 12.4 Å². The first-order chi connectivity index (χ1) is 15.3. The van der Waals surface area contributed by atoms with Crippen molar-refractivity contribution >= 4 is 47.4 Å². The van der Waals surface area contributed by atoms with Crippen molar-refractivity contribution in [2.24, 2.45) is 0 Å². The maximum Gasteiger partial charge on any atom is 0.331 e. The van der Waals surface area contributed by atoms with Crippen LogP contribution >= 0.6 is 0 Å². The molecule has 164 valence electrons. The van der Waals surface area contributed by atoms with Gasteiger partial charge in [0.1, 0.15) is 5.82 Å². The highest BCUT2D eigenvalue weighted by Crippen LogP contribution is 2.25. The number of amides is 3. The SMILES string of the molecule is Nc1nc(N)c(NC(=O)Nc2ccc(N(C=O)[C@H](C(=O)O)c3ccccc3)nc2)c(=O)[nH]1. The second kappa shape index (κ2) is 9.25. The van der Waals surface area contributed by atoms with E-state index in [0.717, 1.165) is 4.90 Å². The quantitative estimate of drug-likeness (QED) is 0.287. The summed E-state index contributed by atoms with van der Waals surface area (Å²) in [6.07, 6.45) is 1.57. The number of nitrogens with two attached hydrogens (primary N) is 2. The minimum Gasteiger partial charge on any atom is -0.479 e. The first kappa shape index (κ1) is 21.8. The van der Waals surface area contributed by atoms with Gasteiger partial charge in [-0.2, -0.15) is 4.98 Å². The van der Waals surface area contributed by atoms with Crippen molar-refractivity contribution in [1.82, 2.24) is 15.0 Å². The summed E-state index contributed by atoms with van der Waals surface area (Å²) in [6, 6.07) is 8.83. The Kier molecular flexibility index (Phi) is 6.29. The number of carboxylic acid groups (broad SMARTS) is 1. The van der Waals surface area contributed by atoms with E-state index < -0.39 is 23.6 Å². The second-order valence-electron chi connectivity index (χ2n) is 6.36. The first-order valence-corrected chi connectivity index (χ1v) is 9.01. The summed E-state index contributed by atoms with van der Waals surface area (Å²) in [6.45, 7) is 0. The maximum atomic E-state index is 12.2. The molecule has 2 aromatic heterocycles. The average molecular weight is 438 g/mol. The Hall–Kier alpha value is -4.94. The molecule has 0 aliphatic rings. The Labute approximate surface area is 180 Å². The molecule has 1 aromatic carbocycles. The number of nitrogens with one attached hydrogen (secondary N) is 3. The van der Waals surface area contributed by atoms with Crippen LogP contribution in [-0.2, 0) is 9.59 Å². The van der Waals surface area contributed by atoms with E-state index in [4.69, 9.17) is 11.5 Å². The number of aliphatic carboxylic acids is 1. The van der Waals surface area contributed by atoms with Crippen molar-refractivity contribution in [3.63, 3.8) is 0 Å². The number of aromatic nitrogens is 3. The molecule has 1 atom stereocenters. The number of pyridine rings is 1. The number of carbonyl (C=O) groups excluding carboxylic acids is 2. The lowest BCUT2D eigenvalue weighted by molar-refractivity contribution is -0.139. The van der Waals surface area contributed by atoms with E-state index in [-0.39, 0.29) is 29.0 Å². The molecule has 0 radical (unpaired) electrons. The van der Waals surface area contributed by atoms with Gasteiger partial charge >= 0.3 is 12.0 Å². The number of hydrogen-bond acceptors (Lipinski definition) is 8. The van der Waals surface area contributed by atoms with Crippen LogP contribution in [0.1, 0.15) is 11.6 Å². The zero-order valence-electron chi connectivity index (χ0n) is 16.4. The molecule has 3 amide bonds. The minimum absolute atomic E-state index is 0.0469. The summed E-state index contributed by atoms with van der Waals surface area (Å²) in [5.41, 5.74) is 10.5. The van der Waals surface area contributed by atoms with Gasteiger partial charge in [-0.15, -0.1) is 0 Å². The molecular weight excluding hydrogens is 420 g/mol. The van der Waals surface area contributed by atoms with Crippen molar-refractivity contribution in [3.05, 3.63) is 64.6 Å². The smallest absolute Gasteiger partial charge is 0.331 e. The van der Waals surface area contributed by atoms with E-state index in [1.54, 1.807) is 30.3 Å². The zero-order chi connectivity index (χ0) is 23.3. The van der Waals surface area contributed by atoms with Crippen molar-refractivity contribution in [1.29, 1.82) is 0 Å². The molecule has 8 N–H and O–H groups in total. The fourth-order valence-corrected chi connectivity index (χ4v) is 2.82. The number of carboxylic acids is 1. The van der Waals surface area contributed by atoms with E-state index in [9.17, 15) is 24.3 Å². The second-order valence-corrected chi connectivity index (χ2v) is 6.36. The van der Waals surface area contributed by atoms with Gasteiger partial charge in [-0.05, 0) is 17.7 Å². The van der Waals surface area contributed by atoms with Gasteiger partial charge in [0, 0.05) is 0 Å². The molecule has 32 heavy (non-hydrogen) atoms. The molecule has 0 fully saturated rings. The average Bonchev–Trinajstić information content (AvgIpc) is 2.75. The predicted octanol–water partition coefficient (Wildman–Crippen LogP) is 0.762. The standard InChI is InChI=1S/C19H18N8O5/c20-15-13(16(29)26-18(21)25-15)24-19(32)23-11-6-7-12(22-8-11)27(9-28)14(17(30)31)10-4-2-1-3-5-10/h1-9,14H,(H,30,31)(H2,23,24,32)(H5,20,21,25,26,29)/t14-/m0/s1. The normalized spacial score (nSPS) is 11.2. The lowest BCUT2D eigenvalue weighted by Gasteiger charge is -2.24. The van der Waals surface area contributed by atoms with Crippen molar-refractivity contribution in [2.45, 2.75) is 6.04 Å². The first-order valence-electron chi connectivity index (χ1n) is 9.01. The van der Waals surface area contributed by atoms with Crippen LogP contribution in [0.15, 0.2) is 53.5 Å². The number of H-pyrrole nitrogens is 1. The summed E-state index contributed by atoms with van der Waals surface area (Å²) in [7, 11) is 0. The molecule has 3 aromatic rings. The number of benzene rings is 1. The molecule has 13 heteroatoms. The van der Waals surface area contributed by atoms with Crippen LogP contribution in [0, 0.1) is 0 Å². The lowest BCUT2D eigenvalue weighted by atomic mass is 10.1.